The van der Waals surface area contributed by atoms with Crippen molar-refractivity contribution < 1.29 is 32.7 Å². The van der Waals surface area contributed by atoms with Gasteiger partial charge in [0.25, 0.3) is 12.4 Å². The number of alkyl halides is 3. The molecule has 15 nitrogen and oxygen atoms in total. The molecule has 4 heterocycles. The smallest absolute Gasteiger partial charge is 0.435 e. The maximum atomic E-state index is 13.7. The molecule has 1 aliphatic heterocycles. The molecule has 1 aromatic carbocycles. The van der Waals surface area contributed by atoms with Crippen molar-refractivity contribution in [2.24, 2.45) is 5.73 Å². The van der Waals surface area contributed by atoms with Crippen LogP contribution < -0.4 is 16.4 Å². The Bertz CT molecular complexity index is 1800. The zero-order valence-electron chi connectivity index (χ0n) is 25.3. The fraction of sp³-hybridized carbons (Fsp3) is 0.345. The first-order chi connectivity index (χ1) is 23.0. The van der Waals surface area contributed by atoms with Crippen LogP contribution in [0, 0.1) is 11.3 Å². The van der Waals surface area contributed by atoms with Gasteiger partial charge in [-0.2, -0.15) is 23.5 Å². The first-order valence-electron chi connectivity index (χ1n) is 14.5. The van der Waals surface area contributed by atoms with Crippen molar-refractivity contribution >= 4 is 47.0 Å². The van der Waals surface area contributed by atoms with Crippen LogP contribution in [0.25, 0.3) is 16.9 Å². The summed E-state index contributed by atoms with van der Waals surface area (Å²) < 4.78 is 43.6. The highest BCUT2D eigenvalue weighted by molar-refractivity contribution is 6.34. The van der Waals surface area contributed by atoms with Crippen molar-refractivity contribution in [3.63, 3.8) is 0 Å². The molecule has 1 aliphatic rings. The van der Waals surface area contributed by atoms with Crippen LogP contribution >= 0.6 is 11.6 Å². The van der Waals surface area contributed by atoms with E-state index in [4.69, 9.17) is 32.5 Å². The number of piperazine rings is 1. The van der Waals surface area contributed by atoms with E-state index in [0.29, 0.717) is 56.9 Å². The molecule has 0 aliphatic carbocycles. The van der Waals surface area contributed by atoms with Crippen molar-refractivity contribution in [2.45, 2.75) is 19.1 Å². The SMILES string of the molecule is N#CCn1cc(-c2cnc3c(Nc4ccc(C(=O)N5CCN(CC(=O)NCCCN)CC5)c(Cl)c4)nccn23)c(C(F)(F)F)n1.O=CO. The van der Waals surface area contributed by atoms with Gasteiger partial charge >= 0.3 is 6.18 Å². The number of nitrogens with zero attached hydrogens (tertiary/aromatic N) is 8. The highest BCUT2D eigenvalue weighted by Gasteiger charge is 2.38. The number of carbonyl (C=O) groups is 3. The number of benzene rings is 1. The van der Waals surface area contributed by atoms with E-state index in [2.05, 4.69) is 25.7 Å². The van der Waals surface area contributed by atoms with Crippen LogP contribution in [-0.4, -0.2) is 103 Å². The summed E-state index contributed by atoms with van der Waals surface area (Å²) >= 11 is 6.52. The van der Waals surface area contributed by atoms with Crippen LogP contribution in [0.4, 0.5) is 24.7 Å². The Hall–Kier alpha value is -5.25. The number of carboxylic acid groups (broad SMARTS) is 1. The quantitative estimate of drug-likeness (QED) is 0.141. The zero-order valence-corrected chi connectivity index (χ0v) is 26.1. The average Bonchev–Trinajstić information content (AvgIpc) is 3.67. The van der Waals surface area contributed by atoms with E-state index in [0.717, 1.165) is 10.9 Å². The van der Waals surface area contributed by atoms with Crippen LogP contribution in [0.5, 0.6) is 0 Å². The van der Waals surface area contributed by atoms with Crippen molar-refractivity contribution in [3.05, 3.63) is 59.3 Å². The van der Waals surface area contributed by atoms with Crippen molar-refractivity contribution in [1.82, 2.24) is 39.3 Å². The van der Waals surface area contributed by atoms with E-state index in [1.807, 2.05) is 4.90 Å². The fourth-order valence-corrected chi connectivity index (χ4v) is 5.21. The Labute approximate surface area is 276 Å². The number of nitrogens with two attached hydrogens (primary N) is 1. The molecule has 2 amide bonds. The molecule has 4 aromatic rings. The summed E-state index contributed by atoms with van der Waals surface area (Å²) in [7, 11) is 0. The van der Waals surface area contributed by atoms with Crippen LogP contribution in [0.2, 0.25) is 5.02 Å². The third-order valence-corrected chi connectivity index (χ3v) is 7.47. The molecule has 0 radical (unpaired) electrons. The Morgan fingerprint density at radius 2 is 1.92 bits per heavy atom. The standard InChI is InChI=1S/C28H29ClF3N11O2.CH2O2/c29-21-14-18(2-3-19(21)27(45)41-12-10-40(11-13-41)17-23(44)35-6-1-4-33)38-25-26-37-15-22(43(26)9-7-36-25)20-16-42(8-5-34)39-24(20)28(30,31)32;2-1-3/h2-3,7,9,14-16H,1,4,6,8,10-13,17,33H2,(H,35,44)(H,36,38);1H,(H,2,3). The van der Waals surface area contributed by atoms with E-state index in [-0.39, 0.29) is 59.1 Å². The Kier molecular flexibility index (Phi) is 11.9. The molecule has 0 unspecified atom stereocenters. The molecule has 1 saturated heterocycles. The molecule has 48 heavy (non-hydrogen) atoms. The molecule has 19 heteroatoms. The van der Waals surface area contributed by atoms with Gasteiger partial charge < -0.3 is 26.4 Å². The molecule has 0 saturated carbocycles. The maximum absolute atomic E-state index is 13.7. The number of nitrogens with one attached hydrogen (secondary N) is 2. The summed E-state index contributed by atoms with van der Waals surface area (Å²) in [6.45, 7) is 2.64. The van der Waals surface area contributed by atoms with Crippen LogP contribution in [-0.2, 0) is 22.3 Å². The minimum absolute atomic E-state index is 0.0797. The number of imidazole rings is 1. The van der Waals surface area contributed by atoms with Crippen molar-refractivity contribution in [3.8, 4) is 17.3 Å². The Morgan fingerprint density at radius 1 is 1.19 bits per heavy atom. The van der Waals surface area contributed by atoms with Gasteiger partial charge in [0, 0.05) is 57.0 Å². The molecule has 0 atom stereocenters. The van der Waals surface area contributed by atoms with E-state index in [9.17, 15) is 22.8 Å². The van der Waals surface area contributed by atoms with Gasteiger partial charge in [0.1, 0.15) is 6.54 Å². The van der Waals surface area contributed by atoms with Crippen LogP contribution in [0.15, 0.2) is 43.0 Å². The highest BCUT2D eigenvalue weighted by Crippen LogP contribution is 2.37. The predicted molar refractivity (Wildman–Crippen MR) is 167 cm³/mol. The number of hydrogen-bond acceptors (Lipinski definition) is 10. The third-order valence-electron chi connectivity index (χ3n) is 7.16. The topological polar surface area (TPSA) is 200 Å². The molecule has 3 aromatic heterocycles. The molecule has 5 N–H and O–H groups in total. The largest absolute Gasteiger partial charge is 0.483 e. The number of amides is 2. The monoisotopic (exact) mass is 689 g/mol. The lowest BCUT2D eigenvalue weighted by molar-refractivity contribution is -0.141. The zero-order chi connectivity index (χ0) is 34.8. The highest BCUT2D eigenvalue weighted by atomic mass is 35.5. The number of anilines is 2. The summed E-state index contributed by atoms with van der Waals surface area (Å²) in [5.41, 5.74) is 5.20. The number of aromatic nitrogens is 5. The summed E-state index contributed by atoms with van der Waals surface area (Å²) in [5, 5.41) is 25.5. The number of hydrogen-bond donors (Lipinski definition) is 4. The lowest BCUT2D eigenvalue weighted by atomic mass is 10.1. The lowest BCUT2D eigenvalue weighted by Gasteiger charge is -2.34. The van der Waals surface area contributed by atoms with E-state index >= 15 is 0 Å². The van der Waals surface area contributed by atoms with E-state index in [1.165, 1.54) is 23.0 Å². The molecule has 0 bridgehead atoms. The average molecular weight is 690 g/mol. The Morgan fingerprint density at radius 3 is 2.56 bits per heavy atom. The first-order valence-corrected chi connectivity index (χ1v) is 14.8. The first kappa shape index (κ1) is 35.6. The second kappa shape index (κ2) is 16.0. The van der Waals surface area contributed by atoms with Gasteiger partial charge in [-0.05, 0) is 31.2 Å². The predicted octanol–water partition coefficient (Wildman–Crippen LogP) is 2.46. The minimum atomic E-state index is -4.75. The van der Waals surface area contributed by atoms with Gasteiger partial charge in [-0.1, -0.05) is 11.6 Å². The number of halogens is 4. The van der Waals surface area contributed by atoms with Gasteiger partial charge in [0.05, 0.1) is 40.7 Å². The van der Waals surface area contributed by atoms with Crippen molar-refractivity contribution in [1.29, 1.82) is 5.26 Å². The molecular weight excluding hydrogens is 659 g/mol. The lowest BCUT2D eigenvalue weighted by Crippen LogP contribution is -2.51. The van der Waals surface area contributed by atoms with Gasteiger partial charge in [-0.25, -0.2) is 9.97 Å². The normalized spacial score (nSPS) is 13.4. The molecule has 1 fully saturated rings. The number of rotatable bonds is 10. The number of nitriles is 1. The second-order valence-electron chi connectivity index (χ2n) is 10.3. The van der Waals surface area contributed by atoms with Gasteiger partial charge in [0.15, 0.2) is 17.2 Å². The molecule has 254 valence electrons. The summed E-state index contributed by atoms with van der Waals surface area (Å²) in [6.07, 6.45) is 1.25. The van der Waals surface area contributed by atoms with E-state index < -0.39 is 11.9 Å². The summed E-state index contributed by atoms with van der Waals surface area (Å²) in [6, 6.07) is 6.56. The van der Waals surface area contributed by atoms with Gasteiger partial charge in [-0.3, -0.25) is 28.4 Å². The Balaban J connectivity index is 0.00000167. The van der Waals surface area contributed by atoms with Crippen molar-refractivity contribution in [2.75, 3.05) is 51.1 Å². The maximum Gasteiger partial charge on any atom is 0.435 e. The minimum Gasteiger partial charge on any atom is -0.483 e. The number of carbonyl (C=O) groups excluding carboxylic acids is 2. The summed E-state index contributed by atoms with van der Waals surface area (Å²) in [4.78, 5) is 45.9. The van der Waals surface area contributed by atoms with Crippen LogP contribution in [0.1, 0.15) is 22.5 Å². The van der Waals surface area contributed by atoms with E-state index in [1.54, 1.807) is 29.2 Å². The van der Waals surface area contributed by atoms with Gasteiger partial charge in [-0.15, -0.1) is 0 Å². The summed E-state index contributed by atoms with van der Waals surface area (Å²) in [5.74, 6) is -0.0851. The molecule has 5 rings (SSSR count). The molecular formula is C29H31ClF3N11O4. The van der Waals surface area contributed by atoms with Gasteiger partial charge in [0.2, 0.25) is 5.91 Å². The number of fused-ring (bicyclic) bond motifs is 1. The second-order valence-corrected chi connectivity index (χ2v) is 10.8. The molecule has 0 spiro atoms. The van der Waals surface area contributed by atoms with Crippen LogP contribution in [0.3, 0.4) is 0 Å². The third kappa shape index (κ3) is 8.56. The fourth-order valence-electron chi connectivity index (χ4n) is 4.95.